The predicted molar refractivity (Wildman–Crippen MR) is 155 cm³/mol. The van der Waals surface area contributed by atoms with E-state index in [-0.39, 0.29) is 0 Å². The van der Waals surface area contributed by atoms with Gasteiger partial charge in [-0.3, -0.25) is 0 Å². The Kier molecular flexibility index (Phi) is 20.1. The van der Waals surface area contributed by atoms with E-state index in [0.29, 0.717) is 17.5 Å². The normalized spacial score (nSPS) is 10.7. The van der Waals surface area contributed by atoms with Crippen LogP contribution in [0, 0.1) is 0 Å². The number of alkyl halides is 1. The lowest BCUT2D eigenvalue weighted by Crippen LogP contribution is -2.13. The first-order valence-corrected chi connectivity index (χ1v) is 13.5. The zero-order valence-corrected chi connectivity index (χ0v) is 23.9. The van der Waals surface area contributed by atoms with Crippen molar-refractivity contribution in [2.24, 2.45) is 0 Å². The number of hydrogen-bond donors (Lipinski definition) is 3. The van der Waals surface area contributed by atoms with Gasteiger partial charge in [0.2, 0.25) is 0 Å². The Morgan fingerprint density at radius 1 is 0.971 bits per heavy atom. The lowest BCUT2D eigenvalue weighted by molar-refractivity contribution is 0.663. The molecule has 0 spiro atoms. The van der Waals surface area contributed by atoms with Gasteiger partial charge < -0.3 is 10.6 Å². The van der Waals surface area contributed by atoms with Crippen LogP contribution in [0.5, 0.6) is 0 Å². The monoisotopic (exact) mass is 524 g/mol. The van der Waals surface area contributed by atoms with E-state index >= 15 is 0 Å². The van der Waals surface area contributed by atoms with Crippen molar-refractivity contribution in [2.45, 2.75) is 64.3 Å². The average Bonchev–Trinajstić information content (AvgIpc) is 2.87. The van der Waals surface area contributed by atoms with Crippen LogP contribution in [0.1, 0.15) is 64.4 Å². The Morgan fingerprint density at radius 3 is 2.15 bits per heavy atom. The molecule has 190 valence electrons. The molecular formula is C27H42Cl2N4S. The van der Waals surface area contributed by atoms with Gasteiger partial charge in [-0.1, -0.05) is 76.0 Å². The summed E-state index contributed by atoms with van der Waals surface area (Å²) in [6, 6.07) is 15.7. The van der Waals surface area contributed by atoms with Crippen LogP contribution >= 0.6 is 35.8 Å². The first kappa shape index (κ1) is 32.6. The second-order valence-electron chi connectivity index (χ2n) is 7.54. The number of halogens is 2. The maximum atomic E-state index is 5.63. The van der Waals surface area contributed by atoms with E-state index in [0.717, 1.165) is 29.2 Å². The van der Waals surface area contributed by atoms with Crippen LogP contribution in [0.4, 0.5) is 0 Å². The molecule has 2 aromatic carbocycles. The number of fused-ring (bicyclic) bond motifs is 1. The summed E-state index contributed by atoms with van der Waals surface area (Å²) in [6.45, 7) is 11.8. The molecule has 1 atom stereocenters. The van der Waals surface area contributed by atoms with Gasteiger partial charge in [-0.2, -0.15) is 0 Å². The highest BCUT2D eigenvalue weighted by atomic mass is 35.5. The highest BCUT2D eigenvalue weighted by molar-refractivity contribution is 7.80. The van der Waals surface area contributed by atoms with Crippen molar-refractivity contribution in [3.05, 3.63) is 65.1 Å². The lowest BCUT2D eigenvalue weighted by atomic mass is 10.0. The summed E-state index contributed by atoms with van der Waals surface area (Å²) < 4.78 is 0. The molecule has 1 heterocycles. The van der Waals surface area contributed by atoms with E-state index in [9.17, 15) is 0 Å². The van der Waals surface area contributed by atoms with Crippen molar-refractivity contribution in [3.63, 3.8) is 0 Å². The molecule has 0 radical (unpaired) electrons. The molecule has 3 aromatic rings. The summed E-state index contributed by atoms with van der Waals surface area (Å²) in [7, 11) is 1.92. The molecule has 0 amide bonds. The van der Waals surface area contributed by atoms with E-state index < -0.39 is 0 Å². The molecule has 3 rings (SSSR count). The number of unbranched alkanes of at least 4 members (excludes halogenated alkanes) is 1. The molecule has 0 aliphatic carbocycles. The van der Waals surface area contributed by atoms with Crippen molar-refractivity contribution in [1.29, 1.82) is 0 Å². The highest BCUT2D eigenvalue weighted by Crippen LogP contribution is 2.24. The number of hydrogen-bond acceptors (Lipinski definition) is 5. The van der Waals surface area contributed by atoms with E-state index in [1.165, 1.54) is 36.8 Å². The van der Waals surface area contributed by atoms with E-state index in [1.807, 2.05) is 37.4 Å². The Balaban J connectivity index is 0.000000535. The second-order valence-corrected chi connectivity index (χ2v) is 8.43. The summed E-state index contributed by atoms with van der Waals surface area (Å²) in [4.78, 5) is 10.1. The molecule has 0 aliphatic heterocycles. The number of rotatable bonds is 8. The minimum absolute atomic E-state index is 0.471. The largest absolute Gasteiger partial charge is 0.317 e. The number of nitrogens with zero attached hydrogens (tertiary/aromatic N) is 2. The van der Waals surface area contributed by atoms with Gasteiger partial charge in [0.15, 0.2) is 0 Å². The van der Waals surface area contributed by atoms with Crippen LogP contribution in [-0.4, -0.2) is 36.5 Å². The molecule has 0 aliphatic rings. The first-order chi connectivity index (χ1) is 16.5. The Labute approximate surface area is 222 Å². The molecule has 0 bridgehead atoms. The number of nitrogens with one attached hydrogen (secondary N) is 2. The SMILES string of the molecule is CCC(C)c1nc(CNC)nc2ccccc12.CCCCNCC.CCl.Sc1ccccc1Cl. The Bertz CT molecular complexity index is 884. The van der Waals surface area contributed by atoms with Gasteiger partial charge in [-0.15, -0.1) is 24.2 Å². The molecule has 0 saturated carbocycles. The fourth-order valence-corrected chi connectivity index (χ4v) is 3.18. The van der Waals surface area contributed by atoms with Crippen LogP contribution < -0.4 is 10.6 Å². The van der Waals surface area contributed by atoms with Crippen LogP contribution in [0.15, 0.2) is 53.4 Å². The van der Waals surface area contributed by atoms with Crippen molar-refractivity contribution >= 4 is 46.7 Å². The van der Waals surface area contributed by atoms with Crippen molar-refractivity contribution in [1.82, 2.24) is 20.6 Å². The summed E-state index contributed by atoms with van der Waals surface area (Å²) in [5, 5.41) is 8.24. The van der Waals surface area contributed by atoms with Gasteiger partial charge in [0.25, 0.3) is 0 Å². The zero-order chi connectivity index (χ0) is 25.8. The third kappa shape index (κ3) is 12.9. The molecule has 7 heteroatoms. The number of para-hydroxylation sites is 1. The Hall–Kier alpha value is -1.37. The van der Waals surface area contributed by atoms with Gasteiger partial charge in [0.1, 0.15) is 5.82 Å². The fourth-order valence-electron chi connectivity index (χ4n) is 2.89. The summed E-state index contributed by atoms with van der Waals surface area (Å²) in [5.41, 5.74) is 2.21. The molecule has 1 aromatic heterocycles. The zero-order valence-electron chi connectivity index (χ0n) is 21.5. The minimum Gasteiger partial charge on any atom is -0.317 e. The highest BCUT2D eigenvalue weighted by Gasteiger charge is 2.11. The molecule has 0 saturated heterocycles. The minimum atomic E-state index is 0.471. The van der Waals surface area contributed by atoms with Crippen molar-refractivity contribution in [3.8, 4) is 0 Å². The second kappa shape index (κ2) is 21.0. The van der Waals surface area contributed by atoms with Crippen LogP contribution in [0.25, 0.3) is 10.9 Å². The Morgan fingerprint density at radius 2 is 1.62 bits per heavy atom. The topological polar surface area (TPSA) is 49.8 Å². The average molecular weight is 526 g/mol. The maximum absolute atomic E-state index is 5.63. The van der Waals surface area contributed by atoms with Gasteiger partial charge in [-0.05, 0) is 57.1 Å². The number of thiol groups is 1. The maximum Gasteiger partial charge on any atom is 0.143 e. The first-order valence-electron chi connectivity index (χ1n) is 11.9. The van der Waals surface area contributed by atoms with E-state index in [2.05, 4.69) is 90.7 Å². The quantitative estimate of drug-likeness (QED) is 0.160. The molecule has 4 nitrogen and oxygen atoms in total. The lowest BCUT2D eigenvalue weighted by Gasteiger charge is -2.13. The predicted octanol–water partition coefficient (Wildman–Crippen LogP) is 7.74. The number of benzene rings is 2. The standard InChI is InChI=1S/C14H19N3.C6H5ClS.C6H15N.CH3Cl/c1-4-10(2)14-11-7-5-6-8-12(11)16-13(17-14)9-15-3;7-5-3-1-2-4-6(5)8;1-3-5-6-7-4-2;1-2/h5-8,10,15H,4,9H2,1-3H3;1-4,8H;7H,3-6H2,1-2H3;1H3. The smallest absolute Gasteiger partial charge is 0.143 e. The third-order valence-corrected chi connectivity index (χ3v) is 5.75. The summed E-state index contributed by atoms with van der Waals surface area (Å²) in [6.07, 6.45) is 5.18. The van der Waals surface area contributed by atoms with Crippen molar-refractivity contribution in [2.75, 3.05) is 26.5 Å². The third-order valence-electron chi connectivity index (χ3n) is 4.90. The molecule has 0 fully saturated rings. The van der Waals surface area contributed by atoms with E-state index in [4.69, 9.17) is 11.6 Å². The summed E-state index contributed by atoms with van der Waals surface area (Å²) >= 11 is 14.3. The van der Waals surface area contributed by atoms with Crippen molar-refractivity contribution < 1.29 is 0 Å². The van der Waals surface area contributed by atoms with Gasteiger partial charge >= 0.3 is 0 Å². The molecule has 2 N–H and O–H groups in total. The molecular weight excluding hydrogens is 483 g/mol. The summed E-state index contributed by atoms with van der Waals surface area (Å²) in [5.74, 6) is 1.35. The fraction of sp³-hybridized carbons (Fsp3) is 0.481. The van der Waals surface area contributed by atoms with Gasteiger partial charge in [0, 0.05) is 16.7 Å². The van der Waals surface area contributed by atoms with Gasteiger partial charge in [0.05, 0.1) is 22.8 Å². The van der Waals surface area contributed by atoms with E-state index in [1.54, 1.807) is 0 Å². The van der Waals surface area contributed by atoms with Crippen LogP contribution in [0.2, 0.25) is 5.02 Å². The van der Waals surface area contributed by atoms with Crippen LogP contribution in [-0.2, 0) is 6.54 Å². The number of aromatic nitrogens is 2. The molecule has 1 unspecified atom stereocenters. The van der Waals surface area contributed by atoms with Crippen LogP contribution in [0.3, 0.4) is 0 Å². The van der Waals surface area contributed by atoms with Gasteiger partial charge in [-0.25, -0.2) is 9.97 Å². The molecule has 34 heavy (non-hydrogen) atoms.